The molecule has 0 radical (unpaired) electrons. The molecule has 1 aliphatic rings. The molecule has 1 fully saturated rings. The predicted octanol–water partition coefficient (Wildman–Crippen LogP) is 3.97. The third-order valence-corrected chi connectivity index (χ3v) is 9.45. The van der Waals surface area contributed by atoms with E-state index in [9.17, 15) is 14.9 Å². The summed E-state index contributed by atoms with van der Waals surface area (Å²) in [6.45, 7) is 7.86. The third-order valence-electron chi connectivity index (χ3n) is 8.11. The van der Waals surface area contributed by atoms with Crippen molar-refractivity contribution in [2.24, 2.45) is 0 Å². The number of para-hydroxylation sites is 1. The van der Waals surface area contributed by atoms with Crippen LogP contribution in [0, 0.1) is 25.2 Å². The van der Waals surface area contributed by atoms with Crippen LogP contribution in [-0.2, 0) is 9.53 Å². The van der Waals surface area contributed by atoms with Gasteiger partial charge in [-0.3, -0.25) is 19.1 Å². The van der Waals surface area contributed by atoms with Gasteiger partial charge in [0.25, 0.3) is 11.5 Å². The Bertz CT molecular complexity index is 2140. The molecular formula is C36H33ClN6O3S. The Hall–Kier alpha value is -4.79. The first-order valence-electron chi connectivity index (χ1n) is 15.3. The first kappa shape index (κ1) is 32.2. The summed E-state index contributed by atoms with van der Waals surface area (Å²) >= 11 is 7.29. The molecule has 0 atom stereocenters. The fraction of sp³-hybridized carbons (Fsp3) is 0.222. The van der Waals surface area contributed by atoms with Crippen LogP contribution in [-0.4, -0.2) is 64.5 Å². The Kier molecular flexibility index (Phi) is 9.80. The number of aryl methyl sites for hydroxylation is 2. The van der Waals surface area contributed by atoms with Crippen LogP contribution in [0.1, 0.15) is 16.7 Å². The summed E-state index contributed by atoms with van der Waals surface area (Å²) in [4.78, 5) is 29.9. The lowest BCUT2D eigenvalue weighted by molar-refractivity contribution is -0.115. The molecular weight excluding hydrogens is 632 g/mol. The molecule has 2 aromatic heterocycles. The van der Waals surface area contributed by atoms with Gasteiger partial charge >= 0.3 is 0 Å². The molecule has 3 heterocycles. The van der Waals surface area contributed by atoms with E-state index >= 15 is 0 Å². The largest absolute Gasteiger partial charge is 0.379 e. The number of thiazole rings is 1. The molecule has 11 heteroatoms. The van der Waals surface area contributed by atoms with E-state index in [1.54, 1.807) is 22.9 Å². The summed E-state index contributed by atoms with van der Waals surface area (Å²) in [5.74, 6) is -0.523. The van der Waals surface area contributed by atoms with Crippen molar-refractivity contribution >= 4 is 40.5 Å². The van der Waals surface area contributed by atoms with E-state index in [0.717, 1.165) is 46.8 Å². The van der Waals surface area contributed by atoms with Crippen molar-refractivity contribution in [1.82, 2.24) is 24.6 Å². The van der Waals surface area contributed by atoms with E-state index in [1.807, 2.05) is 80.7 Å². The lowest BCUT2D eigenvalue weighted by atomic mass is 10.1. The topological polar surface area (TPSA) is 105 Å². The number of carbonyl (C=O) groups excluding carboxylic acids is 1. The predicted molar refractivity (Wildman–Crippen MR) is 186 cm³/mol. The molecule has 6 rings (SSSR count). The van der Waals surface area contributed by atoms with E-state index in [0.29, 0.717) is 52.8 Å². The second kappa shape index (κ2) is 14.3. The maximum absolute atomic E-state index is 14.2. The van der Waals surface area contributed by atoms with Gasteiger partial charge in [0.05, 0.1) is 29.1 Å². The molecule has 238 valence electrons. The van der Waals surface area contributed by atoms with Crippen LogP contribution in [0.3, 0.4) is 0 Å². The zero-order valence-corrected chi connectivity index (χ0v) is 27.6. The summed E-state index contributed by atoms with van der Waals surface area (Å²) in [5, 5.41) is 18.6. The molecule has 1 N–H and O–H groups in total. The molecule has 0 saturated carbocycles. The Morgan fingerprint density at radius 1 is 1.04 bits per heavy atom. The zero-order chi connectivity index (χ0) is 32.9. The van der Waals surface area contributed by atoms with E-state index in [-0.39, 0.29) is 15.8 Å². The van der Waals surface area contributed by atoms with Gasteiger partial charge < -0.3 is 10.1 Å². The fourth-order valence-corrected chi connectivity index (χ4v) is 6.58. The highest BCUT2D eigenvalue weighted by Gasteiger charge is 2.19. The summed E-state index contributed by atoms with van der Waals surface area (Å²) in [6, 6.07) is 24.8. The van der Waals surface area contributed by atoms with Gasteiger partial charge in [-0.25, -0.2) is 4.68 Å². The van der Waals surface area contributed by atoms with Crippen molar-refractivity contribution in [3.05, 3.63) is 120 Å². The molecule has 0 spiro atoms. The molecule has 0 bridgehead atoms. The Morgan fingerprint density at radius 3 is 2.49 bits per heavy atom. The van der Waals surface area contributed by atoms with Crippen LogP contribution in [0.4, 0.5) is 0 Å². The Labute approximate surface area is 281 Å². The second-order valence-corrected chi connectivity index (χ2v) is 12.7. The van der Waals surface area contributed by atoms with E-state index in [2.05, 4.69) is 16.3 Å². The quantitative estimate of drug-likeness (QED) is 0.269. The Balaban J connectivity index is 1.50. The third kappa shape index (κ3) is 7.14. The number of carbonyl (C=O) groups is 1. The summed E-state index contributed by atoms with van der Waals surface area (Å²) in [6.07, 6.45) is 3.64. The molecule has 9 nitrogen and oxygen atoms in total. The zero-order valence-electron chi connectivity index (χ0n) is 26.1. The number of rotatable bonds is 8. The second-order valence-electron chi connectivity index (χ2n) is 11.2. The first-order valence-corrected chi connectivity index (χ1v) is 16.5. The van der Waals surface area contributed by atoms with Crippen LogP contribution >= 0.6 is 22.9 Å². The van der Waals surface area contributed by atoms with Crippen molar-refractivity contribution in [2.75, 3.05) is 39.4 Å². The minimum atomic E-state index is -0.523. The van der Waals surface area contributed by atoms with Gasteiger partial charge in [-0.05, 0) is 67.4 Å². The van der Waals surface area contributed by atoms with Gasteiger partial charge in [-0.2, -0.15) is 10.4 Å². The molecule has 5 aromatic rings. The average Bonchev–Trinajstić information content (AvgIpc) is 3.65. The minimum absolute atomic E-state index is 0.120. The normalized spacial score (nSPS) is 14.6. The van der Waals surface area contributed by atoms with Crippen LogP contribution in [0.5, 0.6) is 0 Å². The number of hydrogen-bond acceptors (Lipinski definition) is 7. The number of benzene rings is 3. The van der Waals surface area contributed by atoms with E-state index in [1.165, 1.54) is 4.57 Å². The maximum atomic E-state index is 14.2. The lowest BCUT2D eigenvalue weighted by Gasteiger charge is -2.26. The van der Waals surface area contributed by atoms with Gasteiger partial charge in [0, 0.05) is 48.5 Å². The molecule has 1 aliphatic heterocycles. The molecule has 0 aliphatic carbocycles. The smallest absolute Gasteiger partial charge is 0.273 e. The number of nitrogens with one attached hydrogen (secondary N) is 1. The molecule has 0 unspecified atom stereocenters. The molecule has 3 aromatic carbocycles. The van der Waals surface area contributed by atoms with Crippen LogP contribution in [0.25, 0.3) is 34.3 Å². The first-order chi connectivity index (χ1) is 22.8. The number of nitriles is 1. The monoisotopic (exact) mass is 664 g/mol. The summed E-state index contributed by atoms with van der Waals surface area (Å²) in [5.41, 5.74) is 5.21. The van der Waals surface area contributed by atoms with E-state index in [4.69, 9.17) is 21.4 Å². The van der Waals surface area contributed by atoms with Crippen LogP contribution < -0.4 is 20.1 Å². The highest BCUT2D eigenvalue weighted by atomic mass is 35.5. The molecule has 1 amide bonds. The number of morpholine rings is 1. The minimum Gasteiger partial charge on any atom is -0.379 e. The highest BCUT2D eigenvalue weighted by molar-refractivity contribution is 7.07. The number of nitrogens with zero attached hydrogens (tertiary/aromatic N) is 5. The van der Waals surface area contributed by atoms with E-state index < -0.39 is 5.91 Å². The highest BCUT2D eigenvalue weighted by Crippen LogP contribution is 2.26. The SMILES string of the molecule is Cc1ccc(-n2c(=C(C#N)C(=O)NCCN3CCOCC3)sc(=Cc3cn(-c4ccccc4)nc3-c3ccc(Cl)cc3)c2=O)cc1C. The number of ether oxygens (including phenoxy) is 1. The van der Waals surface area contributed by atoms with Crippen molar-refractivity contribution in [3.63, 3.8) is 0 Å². The van der Waals surface area contributed by atoms with Crippen LogP contribution in [0.15, 0.2) is 83.8 Å². The van der Waals surface area contributed by atoms with Crippen molar-refractivity contribution in [1.29, 1.82) is 5.26 Å². The van der Waals surface area contributed by atoms with Crippen molar-refractivity contribution in [3.8, 4) is 28.7 Å². The van der Waals surface area contributed by atoms with Crippen molar-refractivity contribution < 1.29 is 9.53 Å². The van der Waals surface area contributed by atoms with Gasteiger partial charge in [0.15, 0.2) is 5.57 Å². The van der Waals surface area contributed by atoms with Gasteiger partial charge in [0.1, 0.15) is 16.4 Å². The molecule has 1 saturated heterocycles. The fourth-order valence-electron chi connectivity index (χ4n) is 5.36. The summed E-state index contributed by atoms with van der Waals surface area (Å²) < 4.78 is 9.26. The van der Waals surface area contributed by atoms with Crippen molar-refractivity contribution in [2.45, 2.75) is 13.8 Å². The molecule has 47 heavy (non-hydrogen) atoms. The lowest BCUT2D eigenvalue weighted by Crippen LogP contribution is -2.42. The van der Waals surface area contributed by atoms with Gasteiger partial charge in [0.2, 0.25) is 0 Å². The average molecular weight is 665 g/mol. The standard InChI is InChI=1S/C36H33ClN6O3S/c1-24-8-13-30(20-25(24)2)43-35(45)32(47-36(43)31(22-38)34(44)39-14-15-41-16-18-46-19-17-41)21-27-23-42(29-6-4-3-5-7-29)40-33(27)26-9-11-28(37)12-10-26/h3-13,20-21,23H,14-19H2,1-2H3,(H,39,44). The van der Waals surface area contributed by atoms with Gasteiger partial charge in [-0.15, -0.1) is 11.3 Å². The number of aromatic nitrogens is 3. The number of halogens is 1. The van der Waals surface area contributed by atoms with Crippen LogP contribution in [0.2, 0.25) is 5.02 Å². The number of amides is 1. The maximum Gasteiger partial charge on any atom is 0.273 e. The van der Waals surface area contributed by atoms with Gasteiger partial charge in [-0.1, -0.05) is 48.0 Å². The number of hydrogen-bond donors (Lipinski definition) is 1. The Morgan fingerprint density at radius 2 is 1.79 bits per heavy atom. The summed E-state index contributed by atoms with van der Waals surface area (Å²) in [7, 11) is 0.